The van der Waals surface area contributed by atoms with E-state index in [1.165, 1.54) is 9.80 Å². The smallest absolute Gasteiger partial charge is 0.246 e. The Bertz CT molecular complexity index is 1640. The van der Waals surface area contributed by atoms with Crippen molar-refractivity contribution in [3.05, 3.63) is 35.9 Å². The molecule has 0 unspecified atom stereocenters. The first-order valence-corrected chi connectivity index (χ1v) is 20.2. The van der Waals surface area contributed by atoms with Crippen LogP contribution in [-0.4, -0.2) is 131 Å². The molecule has 0 aromatic heterocycles. The Balaban J connectivity index is 1.45. The van der Waals surface area contributed by atoms with Gasteiger partial charge in [-0.2, -0.15) is 0 Å². The second-order valence-corrected chi connectivity index (χ2v) is 15.9. The molecule has 16 heteroatoms. The monoisotopic (exact) mass is 778 g/mol. The first-order valence-electron chi connectivity index (χ1n) is 20.2. The van der Waals surface area contributed by atoms with Crippen LogP contribution >= 0.6 is 0 Å². The van der Waals surface area contributed by atoms with Gasteiger partial charge in [-0.3, -0.25) is 38.4 Å². The van der Waals surface area contributed by atoms with Gasteiger partial charge in [0.15, 0.2) is 0 Å². The number of rotatable bonds is 6. The average Bonchev–Trinajstić information content (AvgIpc) is 3.98. The summed E-state index contributed by atoms with van der Waals surface area (Å²) < 4.78 is 0. The predicted molar refractivity (Wildman–Crippen MR) is 205 cm³/mol. The number of hydrogen-bond acceptors (Lipinski definition) is 8. The molecule has 4 aliphatic rings. The highest BCUT2D eigenvalue weighted by Crippen LogP contribution is 2.29. The molecule has 4 fully saturated rings. The van der Waals surface area contributed by atoms with Crippen LogP contribution in [0, 0.1) is 11.8 Å². The van der Waals surface area contributed by atoms with Gasteiger partial charge in [-0.1, -0.05) is 64.4 Å². The molecule has 4 saturated heterocycles. The molecule has 306 valence electrons. The summed E-state index contributed by atoms with van der Waals surface area (Å²) in [6.07, 6.45) is 3.82. The first-order chi connectivity index (χ1) is 26.8. The molecule has 8 amide bonds. The number of carbonyl (C=O) groups excluding carboxylic acids is 8. The fraction of sp³-hybridized carbons (Fsp3) is 0.650. The summed E-state index contributed by atoms with van der Waals surface area (Å²) in [5.74, 6) is -4.41. The zero-order valence-corrected chi connectivity index (χ0v) is 33.0. The van der Waals surface area contributed by atoms with Gasteiger partial charge in [-0.05, 0) is 62.3 Å². The van der Waals surface area contributed by atoms with E-state index in [-0.39, 0.29) is 30.1 Å². The average molecular weight is 779 g/mol. The van der Waals surface area contributed by atoms with Crippen LogP contribution in [-0.2, 0) is 44.8 Å². The molecule has 1 aromatic rings. The maximum atomic E-state index is 14.3. The van der Waals surface area contributed by atoms with Crippen molar-refractivity contribution in [2.75, 3.05) is 32.7 Å². The fourth-order valence-electron chi connectivity index (χ4n) is 8.20. The van der Waals surface area contributed by atoms with E-state index < -0.39 is 84.8 Å². The van der Waals surface area contributed by atoms with Crippen molar-refractivity contribution >= 4 is 47.3 Å². The highest BCUT2D eigenvalue weighted by molar-refractivity contribution is 5.98. The second kappa shape index (κ2) is 19.2. The molecule has 1 aromatic carbocycles. The SMILES string of the molecule is CC[C@@H](C)[C@H]1NC(=O)[C@H]2CCCN2C(=O)[C@H]2CCCN2C(=O)[C@H]2CCCN2C(=O)[C@@H](CC(C)C)NC(=O)CNC(=O)CNC(=O)[C@@H](Cc2ccccc2)NC1=O. The standard InChI is InChI=1S/C40H58N8O8/c1-5-25(4)34-37(53)44-27(21-26-12-7-6-8-13-26)35(51)42-22-32(49)41-23-33(50)43-28(20-24(2)3)38(54)47-18-10-15-30(47)40(56)48-19-11-16-31(48)39(55)46-17-9-14-29(46)36(52)45-34/h6-8,12-13,24-25,27-31,34H,5,9-11,14-23H2,1-4H3,(H,41,49)(H,42,51)(H,43,50)(H,44,53)(H,45,52)/t25-,27-,28-,29-,30-,31-,34-/m1/s1. The number of amides is 8. The van der Waals surface area contributed by atoms with Gasteiger partial charge >= 0.3 is 0 Å². The molecule has 4 heterocycles. The molecule has 0 aliphatic carbocycles. The minimum Gasteiger partial charge on any atom is -0.346 e. The Morgan fingerprint density at radius 1 is 0.607 bits per heavy atom. The van der Waals surface area contributed by atoms with Gasteiger partial charge < -0.3 is 41.3 Å². The zero-order valence-electron chi connectivity index (χ0n) is 33.0. The highest BCUT2D eigenvalue weighted by atomic mass is 16.2. The van der Waals surface area contributed by atoms with Crippen LogP contribution in [0.3, 0.4) is 0 Å². The molecule has 0 saturated carbocycles. The summed E-state index contributed by atoms with van der Waals surface area (Å²) in [6.45, 7) is 7.51. The van der Waals surface area contributed by atoms with Crippen LogP contribution in [0.25, 0.3) is 0 Å². The third-order valence-electron chi connectivity index (χ3n) is 11.4. The lowest BCUT2D eigenvalue weighted by Gasteiger charge is -2.35. The van der Waals surface area contributed by atoms with E-state index in [0.29, 0.717) is 71.0 Å². The lowest BCUT2D eigenvalue weighted by molar-refractivity contribution is -0.151. The number of nitrogens with zero attached hydrogens (tertiary/aromatic N) is 3. The van der Waals surface area contributed by atoms with Crippen molar-refractivity contribution in [2.45, 2.75) is 122 Å². The summed E-state index contributed by atoms with van der Waals surface area (Å²) in [6, 6.07) is 3.42. The van der Waals surface area contributed by atoms with Crippen LogP contribution in [0.15, 0.2) is 30.3 Å². The van der Waals surface area contributed by atoms with E-state index in [4.69, 9.17) is 0 Å². The molecule has 16 nitrogen and oxygen atoms in total. The van der Waals surface area contributed by atoms with Crippen molar-refractivity contribution in [1.29, 1.82) is 0 Å². The summed E-state index contributed by atoms with van der Waals surface area (Å²) >= 11 is 0. The number of nitrogens with one attached hydrogen (secondary N) is 5. The Kier molecular flexibility index (Phi) is 14.5. The van der Waals surface area contributed by atoms with Crippen molar-refractivity contribution in [2.24, 2.45) is 11.8 Å². The molecule has 5 rings (SSSR count). The highest BCUT2D eigenvalue weighted by Gasteiger charge is 2.47. The van der Waals surface area contributed by atoms with Crippen LogP contribution in [0.5, 0.6) is 0 Å². The topological polar surface area (TPSA) is 206 Å². The molecule has 0 spiro atoms. The van der Waals surface area contributed by atoms with Crippen LogP contribution < -0.4 is 26.6 Å². The van der Waals surface area contributed by atoms with E-state index in [2.05, 4.69) is 26.6 Å². The number of hydrogen-bond donors (Lipinski definition) is 5. The normalized spacial score (nSPS) is 28.4. The van der Waals surface area contributed by atoms with Gasteiger partial charge in [0, 0.05) is 26.1 Å². The van der Waals surface area contributed by atoms with Crippen LogP contribution in [0.2, 0.25) is 0 Å². The van der Waals surface area contributed by atoms with Gasteiger partial charge in [-0.25, -0.2) is 0 Å². The summed E-state index contributed by atoms with van der Waals surface area (Å²) in [4.78, 5) is 115. The number of fused-ring (bicyclic) bond motifs is 3. The van der Waals surface area contributed by atoms with Gasteiger partial charge in [-0.15, -0.1) is 0 Å². The van der Waals surface area contributed by atoms with Gasteiger partial charge in [0.1, 0.15) is 36.3 Å². The fourth-order valence-corrected chi connectivity index (χ4v) is 8.20. The Hall–Kier alpha value is -5.02. The van der Waals surface area contributed by atoms with E-state index >= 15 is 0 Å². The molecule has 5 N–H and O–H groups in total. The Labute approximate surface area is 328 Å². The third-order valence-corrected chi connectivity index (χ3v) is 11.4. The number of carbonyl (C=O) groups is 8. The van der Waals surface area contributed by atoms with E-state index in [9.17, 15) is 38.4 Å². The minimum absolute atomic E-state index is 0.00799. The van der Waals surface area contributed by atoms with Crippen LogP contribution in [0.1, 0.15) is 84.6 Å². The second-order valence-electron chi connectivity index (χ2n) is 15.9. The summed E-state index contributed by atoms with van der Waals surface area (Å²) in [7, 11) is 0. The van der Waals surface area contributed by atoms with Gasteiger partial charge in [0.05, 0.1) is 13.1 Å². The quantitative estimate of drug-likeness (QED) is 0.265. The Morgan fingerprint density at radius 3 is 1.75 bits per heavy atom. The first kappa shape index (κ1) is 42.1. The molecule has 56 heavy (non-hydrogen) atoms. The third kappa shape index (κ3) is 10.2. The van der Waals surface area contributed by atoms with E-state index in [1.54, 1.807) is 29.2 Å². The molecule has 0 radical (unpaired) electrons. The maximum Gasteiger partial charge on any atom is 0.246 e. The summed E-state index contributed by atoms with van der Waals surface area (Å²) in [5.41, 5.74) is 0.747. The zero-order chi connectivity index (χ0) is 40.5. The predicted octanol–water partition coefficient (Wildman–Crippen LogP) is -0.00530. The lowest BCUT2D eigenvalue weighted by Crippen LogP contribution is -2.60. The maximum absolute atomic E-state index is 14.3. The summed E-state index contributed by atoms with van der Waals surface area (Å²) in [5, 5.41) is 13.5. The van der Waals surface area contributed by atoms with Gasteiger partial charge in [0.2, 0.25) is 47.3 Å². The van der Waals surface area contributed by atoms with Crippen LogP contribution in [0.4, 0.5) is 0 Å². The molecule has 7 atom stereocenters. The molecule has 4 aliphatic heterocycles. The number of benzene rings is 1. The van der Waals surface area contributed by atoms with Crippen molar-refractivity contribution in [3.8, 4) is 0 Å². The molecule has 0 bridgehead atoms. The largest absolute Gasteiger partial charge is 0.346 e. The van der Waals surface area contributed by atoms with Crippen molar-refractivity contribution in [3.63, 3.8) is 0 Å². The van der Waals surface area contributed by atoms with Crippen molar-refractivity contribution in [1.82, 2.24) is 41.3 Å². The van der Waals surface area contributed by atoms with Gasteiger partial charge in [0.25, 0.3) is 0 Å². The lowest BCUT2D eigenvalue weighted by atomic mass is 9.96. The van der Waals surface area contributed by atoms with E-state index in [0.717, 1.165) is 5.56 Å². The van der Waals surface area contributed by atoms with Crippen molar-refractivity contribution < 1.29 is 38.4 Å². The molecular weight excluding hydrogens is 720 g/mol. The van der Waals surface area contributed by atoms with E-state index in [1.807, 2.05) is 33.8 Å². The minimum atomic E-state index is -1.12. The molecular formula is C40H58N8O8. The Morgan fingerprint density at radius 2 is 1.16 bits per heavy atom.